The number of nitriles is 1. The molecule has 0 aliphatic carbocycles. The molecule has 2 aromatic rings. The van der Waals surface area contributed by atoms with Gasteiger partial charge < -0.3 is 15.0 Å². The highest BCUT2D eigenvalue weighted by Gasteiger charge is 2.16. The van der Waals surface area contributed by atoms with Gasteiger partial charge in [-0.05, 0) is 43.2 Å². The Morgan fingerprint density at radius 3 is 2.69 bits per heavy atom. The monoisotopic (exact) mass is 351 g/mol. The van der Waals surface area contributed by atoms with Gasteiger partial charge in [-0.25, -0.2) is 4.79 Å². The number of carbonyl (C=O) groups excluding carboxylic acids is 2. The average Bonchev–Trinajstić information content (AvgIpc) is 3.21. The molecule has 0 spiro atoms. The fourth-order valence-corrected chi connectivity index (χ4v) is 2.62. The number of aromatic nitrogens is 2. The van der Waals surface area contributed by atoms with Gasteiger partial charge in [0.15, 0.2) is 18.1 Å². The van der Waals surface area contributed by atoms with Crippen molar-refractivity contribution < 1.29 is 14.3 Å². The van der Waals surface area contributed by atoms with Gasteiger partial charge in [0, 0.05) is 18.8 Å². The maximum Gasteiger partial charge on any atom is 0.359 e. The molecule has 0 unspecified atom stereocenters. The van der Waals surface area contributed by atoms with Crippen molar-refractivity contribution in [1.29, 1.82) is 5.26 Å². The molecule has 1 amide bonds. The van der Waals surface area contributed by atoms with E-state index < -0.39 is 18.5 Å². The van der Waals surface area contributed by atoms with E-state index in [2.05, 4.69) is 20.4 Å². The molecule has 1 aromatic carbocycles. The third kappa shape index (κ3) is 4.33. The molecule has 1 aliphatic rings. The minimum absolute atomic E-state index is 0.0484. The van der Waals surface area contributed by atoms with Gasteiger partial charge >= 0.3 is 5.97 Å². The largest absolute Gasteiger partial charge is 0.451 e. The molecule has 0 saturated carbocycles. The number of rotatable bonds is 5. The topological polar surface area (TPSA) is 108 Å². The fourth-order valence-electron chi connectivity index (χ4n) is 2.62. The second-order valence-electron chi connectivity index (χ2n) is 5.79. The predicted octanol–water partition coefficient (Wildman–Crippen LogP) is 1.74. The zero-order chi connectivity index (χ0) is 18.4. The molecule has 1 N–H and O–H groups in total. The molecule has 1 saturated heterocycles. The van der Waals surface area contributed by atoms with Crippen molar-refractivity contribution in [3.8, 4) is 6.07 Å². The number of anilines is 2. The van der Waals surface area contributed by atoms with Gasteiger partial charge in [-0.2, -0.15) is 5.26 Å². The summed E-state index contributed by atoms with van der Waals surface area (Å²) in [6.45, 7) is 1.42. The van der Waals surface area contributed by atoms with Crippen LogP contribution >= 0.6 is 0 Å². The summed E-state index contributed by atoms with van der Waals surface area (Å²) >= 11 is 0. The zero-order valence-corrected chi connectivity index (χ0v) is 14.0. The average molecular weight is 351 g/mol. The summed E-state index contributed by atoms with van der Waals surface area (Å²) in [4.78, 5) is 25.9. The zero-order valence-electron chi connectivity index (χ0n) is 14.0. The van der Waals surface area contributed by atoms with E-state index >= 15 is 0 Å². The highest BCUT2D eigenvalue weighted by molar-refractivity contribution is 5.94. The first-order valence-corrected chi connectivity index (χ1v) is 8.21. The third-order valence-corrected chi connectivity index (χ3v) is 3.90. The van der Waals surface area contributed by atoms with E-state index in [-0.39, 0.29) is 5.69 Å². The van der Waals surface area contributed by atoms with Crippen LogP contribution in [0.5, 0.6) is 0 Å². The van der Waals surface area contributed by atoms with Crippen LogP contribution in [0.15, 0.2) is 36.4 Å². The SMILES string of the molecule is N#Cc1cccc(NC(=O)COC(=O)c2ccc(N3CCCC3)nn2)c1. The molecular weight excluding hydrogens is 334 g/mol. The maximum absolute atomic E-state index is 12.0. The molecule has 0 bridgehead atoms. The molecule has 0 atom stereocenters. The molecule has 3 rings (SSSR count). The number of esters is 1. The van der Waals surface area contributed by atoms with E-state index in [0.717, 1.165) is 31.7 Å². The Labute approximate surface area is 150 Å². The number of ether oxygens (including phenoxy) is 1. The van der Waals surface area contributed by atoms with Crippen molar-refractivity contribution in [2.45, 2.75) is 12.8 Å². The van der Waals surface area contributed by atoms with E-state index in [0.29, 0.717) is 11.3 Å². The fraction of sp³-hybridized carbons (Fsp3) is 0.278. The minimum Gasteiger partial charge on any atom is -0.451 e. The van der Waals surface area contributed by atoms with Gasteiger partial charge in [0.05, 0.1) is 11.6 Å². The quantitative estimate of drug-likeness (QED) is 0.817. The molecule has 8 nitrogen and oxygen atoms in total. The molecule has 1 aliphatic heterocycles. The van der Waals surface area contributed by atoms with Crippen LogP contribution in [0.1, 0.15) is 28.9 Å². The summed E-state index contributed by atoms with van der Waals surface area (Å²) in [6.07, 6.45) is 2.25. The van der Waals surface area contributed by atoms with Crippen molar-refractivity contribution >= 4 is 23.4 Å². The van der Waals surface area contributed by atoms with Crippen molar-refractivity contribution in [3.05, 3.63) is 47.7 Å². The lowest BCUT2D eigenvalue weighted by Crippen LogP contribution is -2.22. The Morgan fingerprint density at radius 1 is 1.19 bits per heavy atom. The Bertz CT molecular complexity index is 839. The Kier molecular flexibility index (Phi) is 5.39. The van der Waals surface area contributed by atoms with Crippen molar-refractivity contribution in [2.24, 2.45) is 0 Å². The molecule has 1 fully saturated rings. The molecule has 1 aromatic heterocycles. The van der Waals surface area contributed by atoms with Crippen molar-refractivity contribution in [2.75, 3.05) is 29.9 Å². The van der Waals surface area contributed by atoms with Crippen LogP contribution in [0.2, 0.25) is 0 Å². The standard InChI is InChI=1S/C18H17N5O3/c19-11-13-4-3-5-14(10-13)20-17(24)12-26-18(25)15-6-7-16(22-21-15)23-8-1-2-9-23/h3-7,10H,1-2,8-9,12H2,(H,20,24). The Morgan fingerprint density at radius 2 is 2.00 bits per heavy atom. The first-order chi connectivity index (χ1) is 12.7. The molecule has 8 heteroatoms. The van der Waals surface area contributed by atoms with Gasteiger partial charge in [0.25, 0.3) is 5.91 Å². The smallest absolute Gasteiger partial charge is 0.359 e. The van der Waals surface area contributed by atoms with Crippen LogP contribution < -0.4 is 10.2 Å². The van der Waals surface area contributed by atoms with Crippen molar-refractivity contribution in [3.63, 3.8) is 0 Å². The highest BCUT2D eigenvalue weighted by Crippen LogP contribution is 2.16. The van der Waals surface area contributed by atoms with Gasteiger partial charge in [-0.3, -0.25) is 4.79 Å². The third-order valence-electron chi connectivity index (χ3n) is 3.90. The highest BCUT2D eigenvalue weighted by atomic mass is 16.5. The number of benzene rings is 1. The second-order valence-corrected chi connectivity index (χ2v) is 5.79. The van der Waals surface area contributed by atoms with Gasteiger partial charge in [-0.15, -0.1) is 10.2 Å². The predicted molar refractivity (Wildman–Crippen MR) is 93.5 cm³/mol. The molecule has 0 radical (unpaired) electrons. The molecule has 132 valence electrons. The normalized spacial score (nSPS) is 13.1. The van der Waals surface area contributed by atoms with Crippen LogP contribution in [0, 0.1) is 11.3 Å². The van der Waals surface area contributed by atoms with E-state index in [1.165, 1.54) is 12.1 Å². The van der Waals surface area contributed by atoms with Gasteiger partial charge in [0.2, 0.25) is 0 Å². The van der Waals surface area contributed by atoms with Crippen LogP contribution in [0.4, 0.5) is 11.5 Å². The van der Waals surface area contributed by atoms with Crippen LogP contribution in [-0.4, -0.2) is 41.8 Å². The summed E-state index contributed by atoms with van der Waals surface area (Å²) in [5.74, 6) is -0.490. The molecule has 26 heavy (non-hydrogen) atoms. The summed E-state index contributed by atoms with van der Waals surface area (Å²) in [6, 6.07) is 11.7. The second kappa shape index (κ2) is 8.07. The molecule has 2 heterocycles. The van der Waals surface area contributed by atoms with E-state index in [1.807, 2.05) is 6.07 Å². The summed E-state index contributed by atoms with van der Waals surface area (Å²) in [7, 11) is 0. The Balaban J connectivity index is 1.51. The van der Waals surface area contributed by atoms with Gasteiger partial charge in [-0.1, -0.05) is 6.07 Å². The number of nitrogens with zero attached hydrogens (tertiary/aromatic N) is 4. The first kappa shape index (κ1) is 17.4. The van der Waals surface area contributed by atoms with Gasteiger partial charge in [0.1, 0.15) is 0 Å². The van der Waals surface area contributed by atoms with E-state index in [1.54, 1.807) is 24.3 Å². The number of hydrogen-bond donors (Lipinski definition) is 1. The number of nitrogens with one attached hydrogen (secondary N) is 1. The lowest BCUT2D eigenvalue weighted by Gasteiger charge is -2.15. The van der Waals surface area contributed by atoms with E-state index in [4.69, 9.17) is 10.00 Å². The number of amides is 1. The number of hydrogen-bond acceptors (Lipinski definition) is 7. The summed E-state index contributed by atoms with van der Waals surface area (Å²) < 4.78 is 4.95. The lowest BCUT2D eigenvalue weighted by molar-refractivity contribution is -0.119. The Hall–Kier alpha value is -3.47. The van der Waals surface area contributed by atoms with E-state index in [9.17, 15) is 9.59 Å². The first-order valence-electron chi connectivity index (χ1n) is 8.21. The van der Waals surface area contributed by atoms with Crippen molar-refractivity contribution in [1.82, 2.24) is 10.2 Å². The lowest BCUT2D eigenvalue weighted by atomic mass is 10.2. The summed E-state index contributed by atoms with van der Waals surface area (Å²) in [5.41, 5.74) is 0.931. The van der Waals surface area contributed by atoms with Crippen LogP contribution in [0.3, 0.4) is 0 Å². The summed E-state index contributed by atoms with van der Waals surface area (Å²) in [5, 5.41) is 19.3. The maximum atomic E-state index is 12.0. The number of carbonyl (C=O) groups is 2. The van der Waals surface area contributed by atoms with Crippen LogP contribution in [0.25, 0.3) is 0 Å². The van der Waals surface area contributed by atoms with Crippen LogP contribution in [-0.2, 0) is 9.53 Å². The molecular formula is C18H17N5O3. The minimum atomic E-state index is -0.716.